The van der Waals surface area contributed by atoms with E-state index in [1.54, 1.807) is 30.3 Å². The van der Waals surface area contributed by atoms with Gasteiger partial charge in [-0.1, -0.05) is 49.9 Å². The Labute approximate surface area is 259 Å². The van der Waals surface area contributed by atoms with E-state index in [-0.39, 0.29) is 22.8 Å². The molecule has 1 spiro atoms. The van der Waals surface area contributed by atoms with E-state index in [0.29, 0.717) is 52.5 Å². The first-order valence-electron chi connectivity index (χ1n) is 15.2. The molecule has 1 saturated heterocycles. The van der Waals surface area contributed by atoms with E-state index < -0.39 is 21.4 Å². The molecule has 1 saturated carbocycles. The molecule has 2 aromatic carbocycles. The summed E-state index contributed by atoms with van der Waals surface area (Å²) in [6, 6.07) is 10.1. The number of likely N-dealkylation sites (tertiary alicyclic amines) is 1. The molecule has 2 heterocycles. The number of nitrogens with two attached hydrogens (primary N) is 1. The highest BCUT2D eigenvalue weighted by Gasteiger charge is 2.49. The van der Waals surface area contributed by atoms with Crippen LogP contribution in [0.15, 0.2) is 47.0 Å². The number of nitrogens with zero attached hydrogens (tertiary/aromatic N) is 1. The normalized spacial score (nSPS) is 22.6. The number of esters is 1. The van der Waals surface area contributed by atoms with Gasteiger partial charge in [0.2, 0.25) is 5.91 Å². The Balaban J connectivity index is 1.34. The summed E-state index contributed by atoms with van der Waals surface area (Å²) in [6.07, 6.45) is 9.59. The number of benzene rings is 2. The van der Waals surface area contributed by atoms with Gasteiger partial charge in [-0.25, -0.2) is 13.2 Å². The van der Waals surface area contributed by atoms with Gasteiger partial charge < -0.3 is 15.8 Å². The van der Waals surface area contributed by atoms with Gasteiger partial charge in [0.15, 0.2) is 15.4 Å². The maximum absolute atomic E-state index is 13.3. The topological polar surface area (TPSA) is 119 Å². The van der Waals surface area contributed by atoms with E-state index in [1.807, 2.05) is 17.9 Å². The number of carbonyl (C=O) groups is 2. The second-order valence-corrected chi connectivity index (χ2v) is 15.0. The van der Waals surface area contributed by atoms with Crippen molar-refractivity contribution < 1.29 is 22.7 Å². The number of aryl methyl sites for hydroxylation is 1. The molecular formula is C33H42ClN3O5S. The molecule has 5 rings (SSSR count). The molecule has 1 amide bonds. The molecular weight excluding hydrogens is 586 g/mol. The minimum atomic E-state index is -3.39. The Morgan fingerprint density at radius 2 is 1.84 bits per heavy atom. The molecule has 8 nitrogen and oxygen atoms in total. The summed E-state index contributed by atoms with van der Waals surface area (Å²) < 4.78 is 30.2. The van der Waals surface area contributed by atoms with E-state index in [1.165, 1.54) is 19.3 Å². The van der Waals surface area contributed by atoms with Crippen molar-refractivity contribution in [3.8, 4) is 11.1 Å². The molecule has 2 fully saturated rings. The maximum Gasteiger partial charge on any atom is 0.341 e. The standard InChI is InChI=1S/C33H42ClN3O5S/c1-4-32(12-6-5-7-13-32)20-36-28(38)19-37-15-9-14-33(21-37)30(35)29(31(39)42-33)25-18-27(34)26(16-22(25)2)23-10-8-11-24(17-23)43(3,40)41/h8,10-11,16-18H,4-7,9,12-15,19-21,35H2,1-3H3,(H,36,38). The maximum atomic E-state index is 13.3. The zero-order chi connectivity index (χ0) is 31.0. The van der Waals surface area contributed by atoms with Crippen molar-refractivity contribution in [3.05, 3.63) is 58.2 Å². The van der Waals surface area contributed by atoms with Crippen molar-refractivity contribution in [1.82, 2.24) is 10.2 Å². The van der Waals surface area contributed by atoms with Crippen LogP contribution in [-0.4, -0.2) is 63.2 Å². The number of hydrogen-bond acceptors (Lipinski definition) is 7. The highest BCUT2D eigenvalue weighted by Crippen LogP contribution is 2.43. The van der Waals surface area contributed by atoms with E-state index >= 15 is 0 Å². The van der Waals surface area contributed by atoms with Gasteiger partial charge in [0.05, 0.1) is 22.7 Å². The third-order valence-corrected chi connectivity index (χ3v) is 11.1. The average Bonchev–Trinajstić information content (AvgIpc) is 3.20. The van der Waals surface area contributed by atoms with E-state index in [0.717, 1.165) is 44.0 Å². The van der Waals surface area contributed by atoms with Crippen LogP contribution in [0.2, 0.25) is 5.02 Å². The SMILES string of the molecule is CCC1(CNC(=O)CN2CCCC3(C2)OC(=O)C(c2cc(Cl)c(-c4cccc(S(C)(=O)=O)c4)cc2C)=C3N)CCCCC1. The average molecular weight is 628 g/mol. The van der Waals surface area contributed by atoms with E-state index in [4.69, 9.17) is 22.1 Å². The Morgan fingerprint density at radius 1 is 1.09 bits per heavy atom. The van der Waals surface area contributed by atoms with Gasteiger partial charge in [-0.2, -0.15) is 0 Å². The van der Waals surface area contributed by atoms with Crippen LogP contribution in [0.25, 0.3) is 16.7 Å². The van der Waals surface area contributed by atoms with Crippen molar-refractivity contribution in [2.24, 2.45) is 11.1 Å². The number of amides is 1. The minimum absolute atomic E-state index is 0.0132. The first-order valence-corrected chi connectivity index (χ1v) is 17.5. The molecule has 10 heteroatoms. The predicted octanol–water partition coefficient (Wildman–Crippen LogP) is 5.26. The molecule has 2 aliphatic heterocycles. The fourth-order valence-corrected chi connectivity index (χ4v) is 7.93. The van der Waals surface area contributed by atoms with Crippen molar-refractivity contribution in [3.63, 3.8) is 0 Å². The number of ether oxygens (including phenoxy) is 1. The molecule has 2 aromatic rings. The smallest absolute Gasteiger partial charge is 0.341 e. The van der Waals surface area contributed by atoms with Crippen LogP contribution in [0.1, 0.15) is 69.4 Å². The first kappa shape index (κ1) is 31.5. The lowest BCUT2D eigenvalue weighted by molar-refractivity contribution is -0.149. The van der Waals surface area contributed by atoms with Crippen LogP contribution in [0.3, 0.4) is 0 Å². The Morgan fingerprint density at radius 3 is 2.53 bits per heavy atom. The highest BCUT2D eigenvalue weighted by molar-refractivity contribution is 7.90. The van der Waals surface area contributed by atoms with Crippen molar-refractivity contribution >= 4 is 38.9 Å². The molecule has 1 atom stereocenters. The number of nitrogens with one attached hydrogen (secondary N) is 1. The second-order valence-electron chi connectivity index (χ2n) is 12.6. The van der Waals surface area contributed by atoms with Crippen LogP contribution >= 0.6 is 11.6 Å². The zero-order valence-electron chi connectivity index (χ0n) is 25.3. The fraction of sp³-hybridized carbons (Fsp3) is 0.515. The lowest BCUT2D eigenvalue weighted by atomic mass is 9.72. The fourth-order valence-electron chi connectivity index (χ4n) is 6.99. The van der Waals surface area contributed by atoms with Crippen LogP contribution < -0.4 is 11.1 Å². The van der Waals surface area contributed by atoms with E-state index in [2.05, 4.69) is 12.2 Å². The largest absolute Gasteiger partial charge is 0.448 e. The predicted molar refractivity (Wildman–Crippen MR) is 169 cm³/mol. The van der Waals surface area contributed by atoms with Gasteiger partial charge in [-0.05, 0) is 91.9 Å². The second kappa shape index (κ2) is 12.3. The summed E-state index contributed by atoms with van der Waals surface area (Å²) >= 11 is 6.72. The lowest BCUT2D eigenvalue weighted by Crippen LogP contribution is -2.53. The van der Waals surface area contributed by atoms with Gasteiger partial charge in [0.25, 0.3) is 0 Å². The third kappa shape index (κ3) is 6.49. The summed E-state index contributed by atoms with van der Waals surface area (Å²) in [5, 5.41) is 3.56. The minimum Gasteiger partial charge on any atom is -0.448 e. The van der Waals surface area contributed by atoms with Crippen LogP contribution in [0, 0.1) is 12.3 Å². The van der Waals surface area contributed by atoms with Gasteiger partial charge in [0, 0.05) is 29.9 Å². The first-order chi connectivity index (χ1) is 20.4. The molecule has 0 radical (unpaired) electrons. The number of piperidine rings is 1. The molecule has 3 N–H and O–H groups in total. The third-order valence-electron chi connectivity index (χ3n) is 9.63. The van der Waals surface area contributed by atoms with Crippen molar-refractivity contribution in [2.75, 3.05) is 32.4 Å². The van der Waals surface area contributed by atoms with Gasteiger partial charge in [0.1, 0.15) is 0 Å². The highest BCUT2D eigenvalue weighted by atomic mass is 35.5. The molecule has 0 aromatic heterocycles. The number of halogens is 1. The van der Waals surface area contributed by atoms with Crippen molar-refractivity contribution in [1.29, 1.82) is 0 Å². The summed E-state index contributed by atoms with van der Waals surface area (Å²) in [7, 11) is -3.39. The quantitative estimate of drug-likeness (QED) is 0.383. The lowest BCUT2D eigenvalue weighted by Gasteiger charge is -2.40. The molecule has 43 heavy (non-hydrogen) atoms. The molecule has 1 aliphatic carbocycles. The summed E-state index contributed by atoms with van der Waals surface area (Å²) in [5.41, 5.74) is 9.24. The van der Waals surface area contributed by atoms with Crippen LogP contribution in [0.4, 0.5) is 0 Å². The van der Waals surface area contributed by atoms with Gasteiger partial charge in [-0.3, -0.25) is 9.69 Å². The summed E-state index contributed by atoms with van der Waals surface area (Å²) in [4.78, 5) is 28.6. The monoisotopic (exact) mass is 627 g/mol. The number of hydrogen-bond donors (Lipinski definition) is 2. The van der Waals surface area contributed by atoms with Gasteiger partial charge >= 0.3 is 5.97 Å². The molecule has 0 bridgehead atoms. The van der Waals surface area contributed by atoms with Gasteiger partial charge in [-0.15, -0.1) is 0 Å². The Bertz CT molecular complexity index is 1560. The van der Waals surface area contributed by atoms with E-state index in [9.17, 15) is 18.0 Å². The Hall–Kier alpha value is -2.88. The molecule has 1 unspecified atom stereocenters. The molecule has 232 valence electrons. The molecule has 3 aliphatic rings. The Kier molecular flexibility index (Phi) is 8.99. The zero-order valence-corrected chi connectivity index (χ0v) is 26.9. The summed E-state index contributed by atoms with van der Waals surface area (Å²) in [6.45, 7) is 6.09. The van der Waals surface area contributed by atoms with Crippen molar-refractivity contribution in [2.45, 2.75) is 75.7 Å². The van der Waals surface area contributed by atoms with Crippen LogP contribution in [0.5, 0.6) is 0 Å². The summed E-state index contributed by atoms with van der Waals surface area (Å²) in [5.74, 6) is -0.516. The van der Waals surface area contributed by atoms with Crippen LogP contribution in [-0.2, 0) is 24.2 Å². The number of carbonyl (C=O) groups excluding carboxylic acids is 2. The number of rotatable bonds is 8. The number of sulfone groups is 1.